The lowest BCUT2D eigenvalue weighted by Crippen LogP contribution is -2.45. The van der Waals surface area contributed by atoms with Crippen LogP contribution in [-0.4, -0.2) is 54.2 Å². The summed E-state index contributed by atoms with van der Waals surface area (Å²) < 4.78 is 18.2. The van der Waals surface area contributed by atoms with Crippen molar-refractivity contribution >= 4 is 42.3 Å². The van der Waals surface area contributed by atoms with E-state index in [1.165, 1.54) is 30.8 Å². The molecule has 0 radical (unpaired) electrons. The highest BCUT2D eigenvalue weighted by Gasteiger charge is 2.42. The Morgan fingerprint density at radius 2 is 1.92 bits per heavy atom. The number of ether oxygens (including phenoxy) is 2. The molecule has 1 saturated carbocycles. The summed E-state index contributed by atoms with van der Waals surface area (Å²) >= 11 is 7.33. The summed E-state index contributed by atoms with van der Waals surface area (Å²) in [6.07, 6.45) is 6.49. The maximum atomic E-state index is 13.3. The van der Waals surface area contributed by atoms with E-state index in [2.05, 4.69) is 59.3 Å². The summed E-state index contributed by atoms with van der Waals surface area (Å²) in [5, 5.41) is 12.3. The van der Waals surface area contributed by atoms with E-state index < -0.39 is 8.32 Å². The molecule has 1 aliphatic carbocycles. The van der Waals surface area contributed by atoms with E-state index >= 15 is 0 Å². The SMILES string of the molecule is COc1cnc(Cl)cc1-c1cc(C)ncc1C(=O)Nc1nnc(OC[C@H]2CCCC2O[Si](C)(C)C(C)(C)C)s1. The zero-order valence-corrected chi connectivity index (χ0v) is 26.1. The summed E-state index contributed by atoms with van der Waals surface area (Å²) in [5.74, 6) is 0.423. The first kappa shape index (κ1) is 29.4. The van der Waals surface area contributed by atoms with Crippen molar-refractivity contribution in [2.75, 3.05) is 19.0 Å². The first-order chi connectivity index (χ1) is 18.4. The van der Waals surface area contributed by atoms with Gasteiger partial charge in [-0.1, -0.05) is 43.9 Å². The summed E-state index contributed by atoms with van der Waals surface area (Å²) in [7, 11) is -0.321. The number of pyridine rings is 2. The van der Waals surface area contributed by atoms with Crippen LogP contribution in [0.25, 0.3) is 11.1 Å². The number of aromatic nitrogens is 4. The van der Waals surface area contributed by atoms with E-state index in [9.17, 15) is 4.79 Å². The number of halogens is 1. The number of nitrogens with one attached hydrogen (secondary N) is 1. The molecule has 0 saturated heterocycles. The first-order valence-corrected chi connectivity index (χ1v) is 17.1. The van der Waals surface area contributed by atoms with Gasteiger partial charge in [0, 0.05) is 28.9 Å². The molecule has 4 rings (SSSR count). The van der Waals surface area contributed by atoms with Gasteiger partial charge in [-0.25, -0.2) is 4.98 Å². The molecule has 1 N–H and O–H groups in total. The maximum absolute atomic E-state index is 13.3. The molecule has 1 aliphatic rings. The van der Waals surface area contributed by atoms with E-state index in [0.717, 1.165) is 25.0 Å². The average molecular weight is 590 g/mol. The highest BCUT2D eigenvalue weighted by Crippen LogP contribution is 2.41. The third kappa shape index (κ3) is 6.94. The average Bonchev–Trinajstić information content (AvgIpc) is 3.50. The minimum Gasteiger partial charge on any atom is -0.494 e. The number of anilines is 1. The molecular formula is C27H36ClN5O4SSi. The number of nitrogens with zero attached hydrogens (tertiary/aromatic N) is 4. The Hall–Kier alpha value is -2.60. The number of aryl methyl sites for hydroxylation is 1. The molecule has 210 valence electrons. The molecule has 2 atom stereocenters. The Morgan fingerprint density at radius 3 is 2.64 bits per heavy atom. The fourth-order valence-electron chi connectivity index (χ4n) is 4.32. The third-order valence-electron chi connectivity index (χ3n) is 7.52. The van der Waals surface area contributed by atoms with Crippen LogP contribution in [0.4, 0.5) is 5.13 Å². The first-order valence-electron chi connectivity index (χ1n) is 13.0. The lowest BCUT2D eigenvalue weighted by atomic mass is 10.0. The Bertz CT molecular complexity index is 1330. The molecule has 0 aliphatic heterocycles. The molecule has 3 aromatic heterocycles. The number of methoxy groups -OCH3 is 1. The van der Waals surface area contributed by atoms with Crippen LogP contribution in [-0.2, 0) is 4.43 Å². The fraction of sp³-hybridized carbons (Fsp3) is 0.519. The van der Waals surface area contributed by atoms with Gasteiger partial charge >= 0.3 is 0 Å². The summed E-state index contributed by atoms with van der Waals surface area (Å²) in [5.41, 5.74) is 2.35. The van der Waals surface area contributed by atoms with Crippen LogP contribution in [0.15, 0.2) is 24.5 Å². The van der Waals surface area contributed by atoms with Crippen molar-refractivity contribution in [3.05, 3.63) is 40.9 Å². The van der Waals surface area contributed by atoms with E-state index in [4.69, 9.17) is 25.5 Å². The molecule has 1 fully saturated rings. The van der Waals surface area contributed by atoms with Crippen LogP contribution >= 0.6 is 22.9 Å². The second-order valence-corrected chi connectivity index (χ2v) is 17.4. The molecule has 0 aromatic carbocycles. The topological polar surface area (TPSA) is 108 Å². The molecule has 1 unspecified atom stereocenters. The monoisotopic (exact) mass is 589 g/mol. The van der Waals surface area contributed by atoms with Crippen molar-refractivity contribution in [3.8, 4) is 22.1 Å². The van der Waals surface area contributed by atoms with Crippen LogP contribution in [0.5, 0.6) is 10.9 Å². The lowest BCUT2D eigenvalue weighted by molar-refractivity contribution is 0.102. The van der Waals surface area contributed by atoms with Crippen LogP contribution in [0, 0.1) is 12.8 Å². The molecule has 0 bridgehead atoms. The van der Waals surface area contributed by atoms with Gasteiger partial charge in [-0.2, -0.15) is 0 Å². The second kappa shape index (κ2) is 11.9. The normalized spacial score (nSPS) is 17.7. The summed E-state index contributed by atoms with van der Waals surface area (Å²) in [6.45, 7) is 13.7. The van der Waals surface area contributed by atoms with Gasteiger partial charge in [0.05, 0.1) is 31.6 Å². The smallest absolute Gasteiger partial charge is 0.295 e. The van der Waals surface area contributed by atoms with E-state index in [-0.39, 0.29) is 22.2 Å². The Labute approximate surface area is 239 Å². The van der Waals surface area contributed by atoms with Crippen LogP contribution in [0.1, 0.15) is 56.1 Å². The van der Waals surface area contributed by atoms with E-state index in [1.807, 2.05) is 13.0 Å². The lowest BCUT2D eigenvalue weighted by Gasteiger charge is -2.39. The zero-order chi connectivity index (χ0) is 28.4. The number of carbonyl (C=O) groups is 1. The van der Waals surface area contributed by atoms with E-state index in [0.29, 0.717) is 45.3 Å². The zero-order valence-electron chi connectivity index (χ0n) is 23.5. The molecule has 9 nitrogen and oxygen atoms in total. The number of carbonyl (C=O) groups excluding carboxylic acids is 1. The minimum atomic E-state index is -1.86. The Morgan fingerprint density at radius 1 is 1.15 bits per heavy atom. The highest BCUT2D eigenvalue weighted by atomic mass is 35.5. The van der Waals surface area contributed by atoms with Crippen LogP contribution < -0.4 is 14.8 Å². The summed E-state index contributed by atoms with van der Waals surface area (Å²) in [6, 6.07) is 3.47. The number of amides is 1. The highest BCUT2D eigenvalue weighted by molar-refractivity contribution is 7.17. The van der Waals surface area contributed by atoms with Crippen molar-refractivity contribution in [1.29, 1.82) is 0 Å². The quantitative estimate of drug-likeness (QED) is 0.215. The van der Waals surface area contributed by atoms with Crippen LogP contribution in [0.3, 0.4) is 0 Å². The van der Waals surface area contributed by atoms with Gasteiger partial charge in [-0.05, 0) is 61.4 Å². The van der Waals surface area contributed by atoms with Gasteiger partial charge in [0.15, 0.2) is 8.32 Å². The largest absolute Gasteiger partial charge is 0.494 e. The second-order valence-electron chi connectivity index (χ2n) is 11.3. The molecule has 39 heavy (non-hydrogen) atoms. The van der Waals surface area contributed by atoms with Gasteiger partial charge < -0.3 is 13.9 Å². The molecule has 3 heterocycles. The van der Waals surface area contributed by atoms with Crippen molar-refractivity contribution in [2.45, 2.75) is 71.2 Å². The van der Waals surface area contributed by atoms with Crippen molar-refractivity contribution in [3.63, 3.8) is 0 Å². The van der Waals surface area contributed by atoms with Crippen LogP contribution in [0.2, 0.25) is 23.3 Å². The standard InChI is InChI=1S/C27H36ClN5O4SSi/c1-16-11-18(19-12-23(28)30-14-22(19)35-5)20(13-29-16)24(34)31-25-32-33-26(38-25)36-15-17-9-8-10-21(17)37-39(6,7)27(2,3)4/h11-14,17,21H,8-10,15H2,1-7H3,(H,31,32,34)/t17-,21?/m1/s1. The minimum absolute atomic E-state index is 0.162. The number of hydrogen-bond donors (Lipinski definition) is 1. The van der Waals surface area contributed by atoms with Gasteiger partial charge in [-0.3, -0.25) is 15.1 Å². The Kier molecular flexibility index (Phi) is 8.94. The molecule has 3 aromatic rings. The van der Waals surface area contributed by atoms with Gasteiger partial charge in [0.1, 0.15) is 10.9 Å². The number of hydrogen-bond acceptors (Lipinski definition) is 9. The van der Waals surface area contributed by atoms with Gasteiger partial charge in [-0.15, -0.1) is 5.10 Å². The van der Waals surface area contributed by atoms with E-state index in [1.54, 1.807) is 6.07 Å². The van der Waals surface area contributed by atoms with Gasteiger partial charge in [0.2, 0.25) is 5.13 Å². The predicted molar refractivity (Wildman–Crippen MR) is 157 cm³/mol. The van der Waals surface area contributed by atoms with Crippen molar-refractivity contribution in [1.82, 2.24) is 20.2 Å². The molecule has 0 spiro atoms. The Balaban J connectivity index is 1.43. The summed E-state index contributed by atoms with van der Waals surface area (Å²) in [4.78, 5) is 21.7. The third-order valence-corrected chi connectivity index (χ3v) is 13.0. The predicted octanol–water partition coefficient (Wildman–Crippen LogP) is 6.79. The van der Waals surface area contributed by atoms with Crippen molar-refractivity contribution in [2.24, 2.45) is 5.92 Å². The van der Waals surface area contributed by atoms with Gasteiger partial charge in [0.25, 0.3) is 11.1 Å². The molecular weight excluding hydrogens is 554 g/mol. The molecule has 1 amide bonds. The maximum Gasteiger partial charge on any atom is 0.295 e. The fourth-order valence-corrected chi connectivity index (χ4v) is 6.50. The number of rotatable bonds is 9. The van der Waals surface area contributed by atoms with Crippen molar-refractivity contribution < 1.29 is 18.7 Å². The molecule has 12 heteroatoms.